The van der Waals surface area contributed by atoms with Crippen molar-refractivity contribution in [3.8, 4) is 0 Å². The van der Waals surface area contributed by atoms with Crippen LogP contribution in [0.3, 0.4) is 0 Å². The molecule has 6 amide bonds. The maximum atomic E-state index is 14.4. The van der Waals surface area contributed by atoms with Gasteiger partial charge in [0.25, 0.3) is 11.6 Å². The molecular formula is C52H81N7O21. The molecule has 28 heteroatoms. The summed E-state index contributed by atoms with van der Waals surface area (Å²) in [6.07, 6.45) is -14.4. The Kier molecular flexibility index (Phi) is 20.4. The number of aliphatic hydroxyl groups excluding tert-OH is 2. The second-order valence-corrected chi connectivity index (χ2v) is 24.5. The third kappa shape index (κ3) is 18.4. The summed E-state index contributed by atoms with van der Waals surface area (Å²) in [6, 6.07) is -0.0680. The molecule has 12 atom stereocenters. The Balaban J connectivity index is 1.51. The quantitative estimate of drug-likeness (QED) is 0.0752. The lowest BCUT2D eigenvalue weighted by atomic mass is 9.82. The highest BCUT2D eigenvalue weighted by molar-refractivity contribution is 5.87. The van der Waals surface area contributed by atoms with E-state index in [-0.39, 0.29) is 44.0 Å². The highest BCUT2D eigenvalue weighted by Crippen LogP contribution is 2.36. The number of β-amino-alcohol motifs (C(OH)–C–C–N with tert-alkyl or cyclic N) is 1. The van der Waals surface area contributed by atoms with Gasteiger partial charge in [0, 0.05) is 32.1 Å². The SMILES string of the molecule is CN(C(=O)OC(C)(C)C)[C@@H]1[C@@H](O)[C@@H](O[C@@H]2[C@@H](O)[C@H](O[C@H]3OC(CNC(=O)OCc4ccc([N+](=O)[O-])cc4)=CC[C@H]3NC(=O)OC(C)(C)C)[C@@H](NC(=O)OC(C)(C)C)C[C@H]2NC(=O)C2(O)CCN(C(=O)OC(C)(C)C)C2)OC[C@]1(C)O. The molecule has 0 radical (unpaired) electrons. The van der Waals surface area contributed by atoms with Crippen molar-refractivity contribution in [1.82, 2.24) is 31.1 Å². The van der Waals surface area contributed by atoms with Gasteiger partial charge in [-0.25, -0.2) is 24.0 Å². The molecule has 28 nitrogen and oxygen atoms in total. The van der Waals surface area contributed by atoms with Crippen LogP contribution in [-0.2, 0) is 54.0 Å². The molecule has 0 bridgehead atoms. The van der Waals surface area contributed by atoms with Crippen molar-refractivity contribution in [2.75, 3.05) is 33.3 Å². The number of ether oxygens (including phenoxy) is 9. The van der Waals surface area contributed by atoms with E-state index in [1.165, 1.54) is 44.3 Å². The van der Waals surface area contributed by atoms with Crippen LogP contribution in [0.5, 0.6) is 0 Å². The zero-order valence-electron chi connectivity index (χ0n) is 47.9. The molecule has 5 rings (SSSR count). The van der Waals surface area contributed by atoms with Gasteiger partial charge in [0.05, 0.1) is 48.8 Å². The first-order chi connectivity index (χ1) is 36.7. The Labute approximate surface area is 464 Å². The van der Waals surface area contributed by atoms with Gasteiger partial charge in [-0.05, 0) is 127 Å². The van der Waals surface area contributed by atoms with E-state index >= 15 is 0 Å². The topological polar surface area (TPSA) is 364 Å². The minimum Gasteiger partial charge on any atom is -0.465 e. The van der Waals surface area contributed by atoms with Crippen LogP contribution >= 0.6 is 0 Å². The van der Waals surface area contributed by atoms with Crippen LogP contribution in [0.25, 0.3) is 0 Å². The Morgan fingerprint density at radius 3 is 1.85 bits per heavy atom. The number of amides is 6. The molecule has 3 aliphatic heterocycles. The molecule has 1 aromatic carbocycles. The lowest BCUT2D eigenvalue weighted by Gasteiger charge is -2.50. The molecule has 80 heavy (non-hydrogen) atoms. The van der Waals surface area contributed by atoms with Crippen molar-refractivity contribution < 1.29 is 96.7 Å². The van der Waals surface area contributed by atoms with Crippen LogP contribution in [0, 0.1) is 10.1 Å². The number of hydrogen-bond acceptors (Lipinski definition) is 21. The lowest BCUT2D eigenvalue weighted by Crippen LogP contribution is -2.71. The number of non-ortho nitro benzene ring substituents is 1. The Morgan fingerprint density at radius 2 is 1.30 bits per heavy atom. The van der Waals surface area contributed by atoms with Gasteiger partial charge in [-0.3, -0.25) is 14.9 Å². The number of rotatable bonds is 14. The predicted octanol–water partition coefficient (Wildman–Crippen LogP) is 3.33. The molecule has 3 fully saturated rings. The highest BCUT2D eigenvalue weighted by Gasteiger charge is 2.56. The second-order valence-electron chi connectivity index (χ2n) is 24.5. The standard InChI is InChI=1S/C52H81N7O21/c1-47(2,3)77-43(64)55-31-20-19-30(24-53-42(63)72-25-28-15-17-29(18-16-28)59(70)71)74-39(31)75-37-33(56-44(65)78-48(4,5)6)23-32(54-41(62)52(69)21-22-58(26-52)46(67)80-50(10,11)12)36(34(37)60)76-40-35(61)38(51(13,68)27-73-40)57(14)45(66)79-49(7,8)9/h15-19,31-40,60-61,68-69H,20-27H2,1-14H3,(H,53,63)(H,54,62)(H,55,64)(H,56,65)/t31-,32-,33+,34-,35-,36+,37-,38-,39-,40-,51+,52?/m1/s1. The molecule has 1 aromatic rings. The van der Waals surface area contributed by atoms with E-state index in [9.17, 15) is 59.3 Å². The summed E-state index contributed by atoms with van der Waals surface area (Å²) in [5.41, 5.74) is -7.80. The average molecular weight is 1140 g/mol. The summed E-state index contributed by atoms with van der Waals surface area (Å²) in [5, 5.41) is 70.0. The molecule has 2 saturated heterocycles. The summed E-state index contributed by atoms with van der Waals surface area (Å²) >= 11 is 0. The van der Waals surface area contributed by atoms with Gasteiger partial charge in [0.2, 0.25) is 6.29 Å². The second kappa shape index (κ2) is 25.2. The normalized spacial score (nSPS) is 29.1. The number of nitrogens with one attached hydrogen (secondary N) is 4. The number of likely N-dealkylation sites (N-methyl/N-ethyl adjacent to an activating group) is 1. The summed E-state index contributed by atoms with van der Waals surface area (Å²) in [6.45, 7) is 19.1. The maximum absolute atomic E-state index is 14.4. The number of carbonyl (C=O) groups excluding carboxylic acids is 6. The summed E-state index contributed by atoms with van der Waals surface area (Å²) in [7, 11) is 1.28. The van der Waals surface area contributed by atoms with Crippen molar-refractivity contribution in [2.45, 2.75) is 211 Å². The summed E-state index contributed by atoms with van der Waals surface area (Å²) in [5.74, 6) is -0.966. The zero-order chi connectivity index (χ0) is 60.1. The molecule has 0 spiro atoms. The Hall–Kier alpha value is -6.30. The first-order valence-corrected chi connectivity index (χ1v) is 26.2. The van der Waals surface area contributed by atoms with E-state index in [4.69, 9.17) is 42.6 Å². The smallest absolute Gasteiger partial charge is 0.410 e. The maximum Gasteiger partial charge on any atom is 0.410 e. The van der Waals surface area contributed by atoms with Crippen LogP contribution in [0.1, 0.15) is 115 Å². The van der Waals surface area contributed by atoms with Gasteiger partial charge in [-0.1, -0.05) is 0 Å². The van der Waals surface area contributed by atoms with Crippen LogP contribution in [0.4, 0.5) is 29.7 Å². The third-order valence-electron chi connectivity index (χ3n) is 12.6. The van der Waals surface area contributed by atoms with E-state index in [2.05, 4.69) is 21.3 Å². The molecule has 4 aliphatic rings. The first kappa shape index (κ1) is 64.5. The number of aliphatic hydroxyl groups is 4. The minimum absolute atomic E-state index is 0.0438. The van der Waals surface area contributed by atoms with Gasteiger partial charge in [-0.2, -0.15) is 0 Å². The number of likely N-dealkylation sites (tertiary alicyclic amines) is 1. The van der Waals surface area contributed by atoms with E-state index in [0.717, 1.165) is 9.80 Å². The molecule has 8 N–H and O–H groups in total. The fourth-order valence-electron chi connectivity index (χ4n) is 9.08. The van der Waals surface area contributed by atoms with E-state index in [1.54, 1.807) is 83.1 Å². The number of nitro benzene ring substituents is 1. The van der Waals surface area contributed by atoms with Gasteiger partial charge >= 0.3 is 30.5 Å². The largest absolute Gasteiger partial charge is 0.465 e. The fraction of sp³-hybridized carbons (Fsp3) is 0.731. The minimum atomic E-state index is -2.24. The average Bonchev–Trinajstić information content (AvgIpc) is 3.72. The van der Waals surface area contributed by atoms with Gasteiger partial charge in [-0.15, -0.1) is 0 Å². The van der Waals surface area contributed by atoms with E-state index in [1.807, 2.05) is 0 Å². The number of hydrogen-bond donors (Lipinski definition) is 8. The lowest BCUT2D eigenvalue weighted by molar-refractivity contribution is -0.384. The fourth-order valence-corrected chi connectivity index (χ4v) is 9.08. The van der Waals surface area contributed by atoms with Crippen molar-refractivity contribution in [3.05, 3.63) is 51.8 Å². The zero-order valence-corrected chi connectivity index (χ0v) is 47.9. The predicted molar refractivity (Wildman–Crippen MR) is 279 cm³/mol. The Bertz CT molecular complexity index is 2410. The highest BCUT2D eigenvalue weighted by atomic mass is 16.7. The number of nitro groups is 1. The van der Waals surface area contributed by atoms with Crippen LogP contribution in [0.2, 0.25) is 0 Å². The van der Waals surface area contributed by atoms with Crippen molar-refractivity contribution in [1.29, 1.82) is 0 Å². The Morgan fingerprint density at radius 1 is 0.762 bits per heavy atom. The molecule has 1 unspecified atom stereocenters. The monoisotopic (exact) mass is 1140 g/mol. The summed E-state index contributed by atoms with van der Waals surface area (Å²) in [4.78, 5) is 93.6. The number of alkyl carbamates (subject to hydrolysis) is 3. The van der Waals surface area contributed by atoms with Crippen LogP contribution < -0.4 is 21.3 Å². The van der Waals surface area contributed by atoms with Gasteiger partial charge in [0.1, 0.15) is 64.8 Å². The molecule has 450 valence electrons. The van der Waals surface area contributed by atoms with Gasteiger partial charge < -0.3 is 94.1 Å². The first-order valence-electron chi connectivity index (χ1n) is 26.2. The summed E-state index contributed by atoms with van der Waals surface area (Å²) < 4.78 is 52.7. The molecule has 3 heterocycles. The van der Waals surface area contributed by atoms with E-state index in [0.29, 0.717) is 5.56 Å². The number of nitrogens with zero attached hydrogens (tertiary/aromatic N) is 3. The van der Waals surface area contributed by atoms with Crippen LogP contribution in [0.15, 0.2) is 36.1 Å². The number of carbonyl (C=O) groups is 6. The molecule has 1 saturated carbocycles. The van der Waals surface area contributed by atoms with E-state index < -0.39 is 156 Å². The van der Waals surface area contributed by atoms with Crippen molar-refractivity contribution in [2.24, 2.45) is 0 Å². The van der Waals surface area contributed by atoms with Crippen molar-refractivity contribution in [3.63, 3.8) is 0 Å². The van der Waals surface area contributed by atoms with Crippen molar-refractivity contribution >= 4 is 42.1 Å². The number of benzene rings is 1. The molecule has 0 aromatic heterocycles. The van der Waals surface area contributed by atoms with Gasteiger partial charge in [0.15, 0.2) is 11.9 Å². The molecular weight excluding hydrogens is 1060 g/mol. The molecule has 1 aliphatic carbocycles. The third-order valence-corrected chi connectivity index (χ3v) is 12.6. The van der Waals surface area contributed by atoms with Crippen LogP contribution in [-0.4, -0.2) is 200 Å².